The quantitative estimate of drug-likeness (QED) is 0.616. The Morgan fingerprint density at radius 3 is 2.76 bits per heavy atom. The maximum absolute atomic E-state index is 13.3. The lowest BCUT2D eigenvalue weighted by Crippen LogP contribution is -2.31. The molecule has 1 aliphatic rings. The molecule has 1 atom stereocenters. The van der Waals surface area contributed by atoms with Crippen LogP contribution < -0.4 is 15.4 Å². The molecule has 2 aromatic heterocycles. The summed E-state index contributed by atoms with van der Waals surface area (Å²) >= 11 is 1.43. The molecular formula is C20H21N5O3S. The van der Waals surface area contributed by atoms with E-state index in [-0.39, 0.29) is 5.91 Å². The summed E-state index contributed by atoms with van der Waals surface area (Å²) in [7, 11) is 1.57. The SMILES string of the molecule is COc1ccccc1NC(=O)C1=C(C)Nc2nc(SC)nn2[C@@H]1c1ccc(C)o1. The zero-order valence-electron chi connectivity index (χ0n) is 16.5. The van der Waals surface area contributed by atoms with Crippen LogP contribution >= 0.6 is 11.8 Å². The van der Waals surface area contributed by atoms with Crippen LogP contribution in [-0.2, 0) is 4.79 Å². The summed E-state index contributed by atoms with van der Waals surface area (Å²) < 4.78 is 12.9. The third-order valence-electron chi connectivity index (χ3n) is 4.65. The van der Waals surface area contributed by atoms with Crippen molar-refractivity contribution in [1.29, 1.82) is 0 Å². The van der Waals surface area contributed by atoms with Gasteiger partial charge in [0.2, 0.25) is 11.1 Å². The summed E-state index contributed by atoms with van der Waals surface area (Å²) in [5.41, 5.74) is 1.77. The molecule has 1 aliphatic heterocycles. The van der Waals surface area contributed by atoms with Crippen molar-refractivity contribution < 1.29 is 13.9 Å². The molecular weight excluding hydrogens is 390 g/mol. The predicted octanol–water partition coefficient (Wildman–Crippen LogP) is 3.84. The predicted molar refractivity (Wildman–Crippen MR) is 111 cm³/mol. The Hall–Kier alpha value is -3.20. The van der Waals surface area contributed by atoms with E-state index in [1.807, 2.05) is 44.4 Å². The van der Waals surface area contributed by atoms with Crippen molar-refractivity contribution in [2.24, 2.45) is 0 Å². The van der Waals surface area contributed by atoms with Gasteiger partial charge < -0.3 is 19.8 Å². The number of furan rings is 1. The van der Waals surface area contributed by atoms with Crippen LogP contribution in [0.2, 0.25) is 0 Å². The van der Waals surface area contributed by atoms with Crippen molar-refractivity contribution in [3.05, 3.63) is 59.2 Å². The summed E-state index contributed by atoms with van der Waals surface area (Å²) in [6, 6.07) is 10.5. The van der Waals surface area contributed by atoms with E-state index in [0.717, 1.165) is 5.76 Å². The summed E-state index contributed by atoms with van der Waals surface area (Å²) in [5, 5.41) is 11.3. The minimum Gasteiger partial charge on any atom is -0.495 e. The fourth-order valence-corrected chi connectivity index (χ4v) is 3.66. The van der Waals surface area contributed by atoms with Gasteiger partial charge in [0, 0.05) is 5.70 Å². The second-order valence-corrected chi connectivity index (χ2v) is 7.31. The summed E-state index contributed by atoms with van der Waals surface area (Å²) in [6.07, 6.45) is 1.91. The number of carbonyl (C=O) groups excluding carboxylic acids is 1. The molecule has 3 heterocycles. The van der Waals surface area contributed by atoms with Crippen molar-refractivity contribution in [2.75, 3.05) is 24.0 Å². The first-order chi connectivity index (χ1) is 14.0. The molecule has 0 saturated carbocycles. The van der Waals surface area contributed by atoms with Gasteiger partial charge in [0.25, 0.3) is 5.91 Å². The molecule has 29 heavy (non-hydrogen) atoms. The Labute approximate surface area is 172 Å². The summed E-state index contributed by atoms with van der Waals surface area (Å²) in [4.78, 5) is 17.8. The molecule has 0 spiro atoms. The molecule has 0 unspecified atom stereocenters. The first kappa shape index (κ1) is 19.1. The number of anilines is 2. The monoisotopic (exact) mass is 411 g/mol. The minimum absolute atomic E-state index is 0.273. The van der Waals surface area contributed by atoms with Gasteiger partial charge in [0.1, 0.15) is 23.3 Å². The van der Waals surface area contributed by atoms with E-state index in [0.29, 0.717) is 39.6 Å². The number of allylic oxidation sites excluding steroid dienone is 1. The van der Waals surface area contributed by atoms with Crippen LogP contribution in [0.1, 0.15) is 24.5 Å². The largest absolute Gasteiger partial charge is 0.495 e. The van der Waals surface area contributed by atoms with Gasteiger partial charge in [-0.2, -0.15) is 4.98 Å². The second-order valence-electron chi connectivity index (χ2n) is 6.54. The average molecular weight is 411 g/mol. The van der Waals surface area contributed by atoms with E-state index in [9.17, 15) is 4.79 Å². The van der Waals surface area contributed by atoms with E-state index in [2.05, 4.69) is 20.7 Å². The number of hydrogen-bond donors (Lipinski definition) is 2. The number of aryl methyl sites for hydroxylation is 1. The molecule has 8 nitrogen and oxygen atoms in total. The molecule has 1 aromatic carbocycles. The summed E-state index contributed by atoms with van der Waals surface area (Å²) in [5.74, 6) is 2.25. The number of para-hydroxylation sites is 2. The molecule has 1 amide bonds. The Kier molecular flexibility index (Phi) is 5.06. The molecule has 0 fully saturated rings. The van der Waals surface area contributed by atoms with Gasteiger partial charge in [-0.15, -0.1) is 5.10 Å². The Bertz CT molecular complexity index is 1100. The number of methoxy groups -OCH3 is 1. The summed E-state index contributed by atoms with van der Waals surface area (Å²) in [6.45, 7) is 3.71. The molecule has 0 aliphatic carbocycles. The van der Waals surface area contributed by atoms with Gasteiger partial charge in [-0.1, -0.05) is 23.9 Å². The Balaban J connectivity index is 1.77. The molecule has 9 heteroatoms. The number of amides is 1. The van der Waals surface area contributed by atoms with Gasteiger partial charge in [0.15, 0.2) is 0 Å². The highest BCUT2D eigenvalue weighted by atomic mass is 32.2. The lowest BCUT2D eigenvalue weighted by Gasteiger charge is -2.27. The number of aromatic nitrogens is 3. The molecule has 150 valence electrons. The van der Waals surface area contributed by atoms with Crippen molar-refractivity contribution in [1.82, 2.24) is 14.8 Å². The number of thioether (sulfide) groups is 1. The van der Waals surface area contributed by atoms with Gasteiger partial charge >= 0.3 is 0 Å². The van der Waals surface area contributed by atoms with Crippen LogP contribution in [-0.4, -0.2) is 34.0 Å². The molecule has 3 aromatic rings. The van der Waals surface area contributed by atoms with E-state index in [1.165, 1.54) is 11.8 Å². The van der Waals surface area contributed by atoms with E-state index < -0.39 is 6.04 Å². The Morgan fingerprint density at radius 2 is 2.07 bits per heavy atom. The van der Waals surface area contributed by atoms with Crippen LogP contribution in [0.4, 0.5) is 11.6 Å². The maximum atomic E-state index is 13.3. The molecule has 4 rings (SSSR count). The first-order valence-corrected chi connectivity index (χ1v) is 10.2. The van der Waals surface area contributed by atoms with Crippen LogP contribution in [0, 0.1) is 6.92 Å². The lowest BCUT2D eigenvalue weighted by atomic mass is 10.00. The fourth-order valence-electron chi connectivity index (χ4n) is 3.31. The number of benzene rings is 1. The number of carbonyl (C=O) groups is 1. The van der Waals surface area contributed by atoms with Crippen LogP contribution in [0.25, 0.3) is 0 Å². The van der Waals surface area contributed by atoms with Gasteiger partial charge in [-0.3, -0.25) is 4.79 Å². The first-order valence-electron chi connectivity index (χ1n) is 9.01. The van der Waals surface area contributed by atoms with Gasteiger partial charge in [0.05, 0.1) is 18.4 Å². The van der Waals surface area contributed by atoms with E-state index >= 15 is 0 Å². The molecule has 2 N–H and O–H groups in total. The number of fused-ring (bicyclic) bond motifs is 1. The van der Waals surface area contributed by atoms with Crippen LogP contribution in [0.3, 0.4) is 0 Å². The van der Waals surface area contributed by atoms with Gasteiger partial charge in [-0.25, -0.2) is 4.68 Å². The minimum atomic E-state index is -0.539. The van der Waals surface area contributed by atoms with Crippen molar-refractivity contribution in [3.63, 3.8) is 0 Å². The highest BCUT2D eigenvalue weighted by molar-refractivity contribution is 7.98. The van der Waals surface area contributed by atoms with Crippen LogP contribution in [0.15, 0.2) is 57.2 Å². The standard InChI is InChI=1S/C20H21N5O3S/c1-11-9-10-15(28-11)17-16(12(2)21-19-23-20(29-4)24-25(17)19)18(26)22-13-7-5-6-8-14(13)27-3/h5-10,17H,1-4H3,(H,22,26)(H,21,23,24)/t17-/m1/s1. The third kappa shape index (κ3) is 3.49. The highest BCUT2D eigenvalue weighted by Gasteiger charge is 2.36. The number of hydrogen-bond acceptors (Lipinski definition) is 7. The van der Waals surface area contributed by atoms with Crippen molar-refractivity contribution >= 4 is 29.3 Å². The number of ether oxygens (including phenoxy) is 1. The van der Waals surface area contributed by atoms with Crippen LogP contribution in [0.5, 0.6) is 5.75 Å². The topological polar surface area (TPSA) is 94.2 Å². The Morgan fingerprint density at radius 1 is 1.28 bits per heavy atom. The zero-order valence-corrected chi connectivity index (χ0v) is 17.3. The average Bonchev–Trinajstić information content (AvgIpc) is 3.32. The number of nitrogens with zero attached hydrogens (tertiary/aromatic N) is 3. The molecule has 0 radical (unpaired) electrons. The normalized spacial score (nSPS) is 15.7. The number of nitrogens with one attached hydrogen (secondary N) is 2. The van der Waals surface area contributed by atoms with Crippen molar-refractivity contribution in [3.8, 4) is 5.75 Å². The zero-order chi connectivity index (χ0) is 20.5. The highest BCUT2D eigenvalue weighted by Crippen LogP contribution is 2.37. The number of rotatable bonds is 5. The fraction of sp³-hybridized carbons (Fsp3) is 0.250. The molecule has 0 saturated heterocycles. The third-order valence-corrected chi connectivity index (χ3v) is 5.18. The molecule has 0 bridgehead atoms. The lowest BCUT2D eigenvalue weighted by molar-refractivity contribution is -0.113. The van der Waals surface area contributed by atoms with Gasteiger partial charge in [-0.05, 0) is 44.4 Å². The van der Waals surface area contributed by atoms with E-state index in [4.69, 9.17) is 9.15 Å². The smallest absolute Gasteiger partial charge is 0.256 e. The van der Waals surface area contributed by atoms with Crippen molar-refractivity contribution in [2.45, 2.75) is 25.0 Å². The maximum Gasteiger partial charge on any atom is 0.256 e. The van der Waals surface area contributed by atoms with E-state index in [1.54, 1.807) is 23.9 Å². The second kappa shape index (κ2) is 7.67.